The van der Waals surface area contributed by atoms with E-state index in [1.807, 2.05) is 0 Å². The van der Waals surface area contributed by atoms with Gasteiger partial charge in [0.1, 0.15) is 11.9 Å². The van der Waals surface area contributed by atoms with Gasteiger partial charge in [-0.15, -0.1) is 0 Å². The molecule has 0 spiro atoms. The third-order valence-electron chi connectivity index (χ3n) is 26.9. The number of cyclic esters (lactones) is 1. The van der Waals surface area contributed by atoms with Crippen molar-refractivity contribution >= 4 is 42.8 Å². The van der Waals surface area contributed by atoms with Gasteiger partial charge in [-0.2, -0.15) is 0 Å². The van der Waals surface area contributed by atoms with E-state index in [0.717, 1.165) is 256 Å². The molecule has 4 heterocycles. The predicted octanol–water partition coefficient (Wildman–Crippen LogP) is 23.3. The number of nitrogens with zero attached hydrogens (tertiary/aromatic N) is 4. The van der Waals surface area contributed by atoms with E-state index >= 15 is 0 Å². The maximum Gasteiger partial charge on any atom is 1.00 e. The van der Waals surface area contributed by atoms with Crippen LogP contribution in [0, 0.1) is 61.8 Å². The second-order valence-corrected chi connectivity index (χ2v) is 37.0. The summed E-state index contributed by atoms with van der Waals surface area (Å²) in [5.74, 6) is 2.68. The number of unbranched alkanes of at least 4 members (excludes halogenated alkanes) is 15. The van der Waals surface area contributed by atoms with Gasteiger partial charge in [0.2, 0.25) is 24.7 Å². The second kappa shape index (κ2) is 84.4. The van der Waals surface area contributed by atoms with Gasteiger partial charge in [0.15, 0.2) is 11.6 Å². The molecule has 4 aliphatic heterocycles. The molecular formula is C102H190BIN4NaO15. The van der Waals surface area contributed by atoms with Gasteiger partial charge < -0.3 is 83.1 Å². The number of hydrogen-bond acceptors (Lipinski definition) is 15. The number of hydrogen-bond donors (Lipinski definition) is 2. The summed E-state index contributed by atoms with van der Waals surface area (Å²) in [6, 6.07) is 0.263. The van der Waals surface area contributed by atoms with Gasteiger partial charge >= 0.3 is 35.5 Å². The van der Waals surface area contributed by atoms with E-state index in [4.69, 9.17) is 83.5 Å². The van der Waals surface area contributed by atoms with Crippen LogP contribution in [0.4, 0.5) is 0 Å². The van der Waals surface area contributed by atoms with E-state index in [2.05, 4.69) is 76.6 Å². The van der Waals surface area contributed by atoms with Crippen molar-refractivity contribution in [3.63, 3.8) is 0 Å². The van der Waals surface area contributed by atoms with Gasteiger partial charge in [0.05, 0.1) is 69.0 Å². The van der Waals surface area contributed by atoms with E-state index in [9.17, 15) is 14.7 Å². The molecule has 5 saturated carbocycles. The van der Waals surface area contributed by atoms with E-state index in [-0.39, 0.29) is 109 Å². The molecule has 6 atom stereocenters. The molecule has 9 rings (SSSR count). The summed E-state index contributed by atoms with van der Waals surface area (Å²) in [5, 5.41) is 17.6. The number of halogens is 1. The molecule has 3 radical (unpaired) electrons. The van der Waals surface area contributed by atoms with E-state index in [1.165, 1.54) is 128 Å². The first-order valence-electron chi connectivity index (χ1n) is 49.3. The number of carbonyl (C=O) groups is 2. The van der Waals surface area contributed by atoms with Gasteiger partial charge in [-0.1, -0.05) is 175 Å². The Hall–Kier alpha value is -1.59. The first-order valence-corrected chi connectivity index (χ1v) is 50.8. The molecule has 0 amide bonds. The molecule has 0 aromatic rings. The minimum absolute atomic E-state index is 0. The Balaban J connectivity index is -0.000000692. The van der Waals surface area contributed by atoms with Gasteiger partial charge in [-0.25, -0.2) is 26.3 Å². The zero-order valence-electron chi connectivity index (χ0n) is 81.1. The maximum atomic E-state index is 12.3. The number of esters is 1. The fourth-order valence-corrected chi connectivity index (χ4v) is 19.8. The number of aliphatic hydroxyl groups is 2. The third-order valence-corrected chi connectivity index (χ3v) is 27.5. The van der Waals surface area contributed by atoms with Crippen molar-refractivity contribution in [1.82, 2.24) is 0 Å². The van der Waals surface area contributed by atoms with Crippen molar-refractivity contribution in [2.45, 2.75) is 488 Å². The van der Waals surface area contributed by atoms with Crippen LogP contribution in [0.15, 0.2) is 0 Å². The van der Waals surface area contributed by atoms with Crippen molar-refractivity contribution in [2.24, 2.45) is 35.5 Å². The van der Waals surface area contributed by atoms with Crippen LogP contribution in [-0.4, -0.2) is 196 Å². The standard InChI is InChI=1S/C20H35NO3.C18H33NO2.C18H31NO2.C18H32O3.C11H21IO2.C9H15NO.C4H8O.C2H6O.2CH4.B.Na.H/c1-4-5-6-7-13-20(23-15-16-24-20)14-12-19(21-2)17-8-10-18(22-3)11-9-17;2*1-4-5-6-7-8-16(20)11-14-18(19-2)15-9-12-17(21-3)13-10-15;1-3-4-5-6-7-16-12-13-17(18(19)21-16)14-8-10-15(20-2)11-9-14;1-2-3-4-5-6-11(7-8-12)13-9-10-14-11;1-10-7-8-3-5-9(11-2)6-4-8;1-2-4-5-3-1;1-2-3;;;;;/h17-19H,4-16H2,1,3H3;15-18,20H,4-14H2,1,3H3;15,17-18H,4-14H2,1,3H3;14-17H,3-13H2,1-2H3;2-10H2,1H3;8-9H,3-7H2,2H3;1-4H2;3H,2H2,1H3;2*1H4;;;/q;;;;;;;;;;;+1;-1. The Morgan fingerprint density at radius 3 is 1.19 bits per heavy atom. The van der Waals surface area contributed by atoms with Crippen molar-refractivity contribution in [2.75, 3.05) is 92.8 Å². The Kier molecular flexibility index (Phi) is 86.1. The van der Waals surface area contributed by atoms with Crippen molar-refractivity contribution in [1.29, 1.82) is 0 Å². The van der Waals surface area contributed by atoms with Crippen molar-refractivity contribution in [3.8, 4) is 0 Å². The second-order valence-electron chi connectivity index (χ2n) is 35.9. The molecule has 5 aliphatic carbocycles. The number of ketones is 1. The number of methoxy groups -OCH3 is 5. The maximum absolute atomic E-state index is 12.3. The van der Waals surface area contributed by atoms with Crippen LogP contribution >= 0.6 is 22.6 Å². The van der Waals surface area contributed by atoms with Crippen LogP contribution in [0.2, 0.25) is 0 Å². The molecule has 0 bridgehead atoms. The van der Waals surface area contributed by atoms with Crippen LogP contribution < -0.4 is 29.6 Å². The molecule has 2 N–H and O–H groups in total. The van der Waals surface area contributed by atoms with Crippen LogP contribution in [0.3, 0.4) is 0 Å². The average molecular weight is 1870 g/mol. The van der Waals surface area contributed by atoms with Crippen LogP contribution in [0.5, 0.6) is 0 Å². The number of rotatable bonds is 46. The minimum Gasteiger partial charge on any atom is -1.00 e. The first-order chi connectivity index (χ1) is 58.5. The van der Waals surface area contributed by atoms with E-state index in [0.29, 0.717) is 91.9 Å². The zero-order valence-corrected chi connectivity index (χ0v) is 84.3. The molecule has 22 heteroatoms. The largest absolute Gasteiger partial charge is 1.00 e. The van der Waals surface area contributed by atoms with Crippen molar-refractivity contribution < 1.29 is 103 Å². The number of carbonyl (C=O) groups excluding carboxylic acids is 2. The molecule has 0 aromatic carbocycles. The molecule has 124 heavy (non-hydrogen) atoms. The SMILES string of the molecule is C.C.C1CCOC1.CCCCCCC1(CCI)OCCO1.CCCCCCC1CCC(C2CCC(OC)CC2)C(=O)O1.CCO.[B].[C-]#[N+]C(CCC(=O)CCCCCC)C1CCC(OC)CC1.[C-]#[N+]C(CCC(O)CCCCCC)C1CCC(OC)CC1.[C-]#[N+]C(CCC1(CCCCCC)OCCO1)C1CCC(OC)CC1.[C-]#[N+]CC1CCC(OC)CC1.[H-].[Na+]. The van der Waals surface area contributed by atoms with Gasteiger partial charge in [0.25, 0.3) is 0 Å². The summed E-state index contributed by atoms with van der Waals surface area (Å²) < 4.78 is 62.1. The van der Waals surface area contributed by atoms with E-state index < -0.39 is 5.79 Å². The first kappa shape index (κ1) is 127. The Bertz CT molecular complexity index is 2560. The molecule has 9 fully saturated rings. The van der Waals surface area contributed by atoms with Crippen LogP contribution in [-0.2, 0) is 61.7 Å². The topological polar surface area (TPSA) is 194 Å². The summed E-state index contributed by atoms with van der Waals surface area (Å²) in [6.45, 7) is 47.9. The Morgan fingerprint density at radius 1 is 0.452 bits per heavy atom. The molecule has 9 aliphatic rings. The summed E-state index contributed by atoms with van der Waals surface area (Å²) in [5.41, 5.74) is 0. The Morgan fingerprint density at radius 2 is 0.823 bits per heavy atom. The summed E-state index contributed by atoms with van der Waals surface area (Å²) in [6.07, 6.45) is 64.2. The molecule has 4 saturated heterocycles. The van der Waals surface area contributed by atoms with Gasteiger partial charge in [0, 0.05) is 150 Å². The normalized spacial score (nSPS) is 25.5. The molecule has 719 valence electrons. The zero-order chi connectivity index (χ0) is 88.0. The smallest absolute Gasteiger partial charge is 1.00 e. The molecular weight excluding hydrogens is 1680 g/mol. The number of aliphatic hydroxyl groups excluding tert-OH is 2. The molecule has 6 unspecified atom stereocenters. The summed E-state index contributed by atoms with van der Waals surface area (Å²) in [4.78, 5) is 39.2. The number of alkyl halides is 1. The third kappa shape index (κ3) is 58.4. The van der Waals surface area contributed by atoms with Crippen LogP contribution in [0.1, 0.15) is 417 Å². The minimum atomic E-state index is -0.402. The van der Waals surface area contributed by atoms with Gasteiger partial charge in [-0.3, -0.25) is 9.59 Å². The fourth-order valence-electron chi connectivity index (χ4n) is 19.0. The van der Waals surface area contributed by atoms with Crippen molar-refractivity contribution in [3.05, 3.63) is 45.7 Å². The molecule has 19 nitrogen and oxygen atoms in total. The quantitative estimate of drug-likeness (QED) is 0.0146. The van der Waals surface area contributed by atoms with Crippen LogP contribution in [0.25, 0.3) is 19.4 Å². The number of ether oxygens (including phenoxy) is 11. The number of Topliss-reactive ketones (excluding diaryl/α,β-unsaturated/α-hetero) is 1. The monoisotopic (exact) mass is 1870 g/mol. The molecule has 0 aromatic heterocycles. The predicted molar refractivity (Wildman–Crippen MR) is 517 cm³/mol. The van der Waals surface area contributed by atoms with Gasteiger partial charge in [-0.05, 0) is 212 Å². The van der Waals surface area contributed by atoms with E-state index in [1.54, 1.807) is 42.5 Å². The summed E-state index contributed by atoms with van der Waals surface area (Å²) >= 11 is 2.40. The fraction of sp³-hybridized carbons (Fsp3) is 0.941. The average Bonchev–Trinajstić information content (AvgIpc) is 1.82. The Labute approximate surface area is 802 Å². The summed E-state index contributed by atoms with van der Waals surface area (Å²) in [7, 11) is 8.93.